The molecule has 2 nitrogen and oxygen atoms in total. The molecule has 1 saturated carbocycles. The van der Waals surface area contributed by atoms with Gasteiger partial charge in [0.1, 0.15) is 0 Å². The van der Waals surface area contributed by atoms with Crippen LogP contribution in [0.5, 0.6) is 0 Å². The Labute approximate surface area is 97.1 Å². The third kappa shape index (κ3) is 2.43. The van der Waals surface area contributed by atoms with Gasteiger partial charge in [0.15, 0.2) is 0 Å². The van der Waals surface area contributed by atoms with Crippen molar-refractivity contribution >= 4 is 5.91 Å². The van der Waals surface area contributed by atoms with Gasteiger partial charge in [-0.1, -0.05) is 30.3 Å². The fraction of sp³-hybridized carbons (Fsp3) is 0.500. The molecule has 1 aromatic rings. The van der Waals surface area contributed by atoms with Gasteiger partial charge in [-0.2, -0.15) is 0 Å². The van der Waals surface area contributed by atoms with E-state index in [-0.39, 0.29) is 5.91 Å². The number of hydrogen-bond donors (Lipinski definition) is 1. The van der Waals surface area contributed by atoms with Gasteiger partial charge in [0.2, 0.25) is 5.91 Å². The second kappa shape index (κ2) is 4.28. The van der Waals surface area contributed by atoms with E-state index in [2.05, 4.69) is 5.32 Å². The maximum absolute atomic E-state index is 12.1. The summed E-state index contributed by atoms with van der Waals surface area (Å²) in [5.74, 6) is 0.862. The molecule has 0 radical (unpaired) electrons. The first-order valence-corrected chi connectivity index (χ1v) is 5.94. The zero-order valence-corrected chi connectivity index (χ0v) is 9.99. The van der Waals surface area contributed by atoms with E-state index >= 15 is 0 Å². The molecular formula is C14H19NO. The average Bonchev–Trinajstić information content (AvgIpc) is 3.11. The lowest BCUT2D eigenvalue weighted by molar-refractivity contribution is -0.125. The van der Waals surface area contributed by atoms with Gasteiger partial charge in [0.05, 0.1) is 5.41 Å². The molecule has 0 aromatic heterocycles. The molecule has 1 aliphatic rings. The van der Waals surface area contributed by atoms with Crippen LogP contribution in [-0.4, -0.2) is 12.5 Å². The number of hydrogen-bond acceptors (Lipinski definition) is 1. The van der Waals surface area contributed by atoms with Crippen LogP contribution in [0.1, 0.15) is 32.3 Å². The van der Waals surface area contributed by atoms with Gasteiger partial charge in [-0.3, -0.25) is 4.79 Å². The SMILES string of the molecule is CC(C)(C(=O)NCC1CC1)c1ccccc1. The fourth-order valence-electron chi connectivity index (χ4n) is 1.77. The molecule has 0 heterocycles. The summed E-state index contributed by atoms with van der Waals surface area (Å²) in [7, 11) is 0. The highest BCUT2D eigenvalue weighted by Gasteiger charge is 2.31. The fourth-order valence-corrected chi connectivity index (χ4v) is 1.77. The van der Waals surface area contributed by atoms with Gasteiger partial charge in [0.25, 0.3) is 0 Å². The summed E-state index contributed by atoms with van der Waals surface area (Å²) in [4.78, 5) is 12.1. The standard InChI is InChI=1S/C14H19NO/c1-14(2,12-6-4-3-5-7-12)13(16)15-10-11-8-9-11/h3-7,11H,8-10H2,1-2H3,(H,15,16). The normalized spacial score (nSPS) is 15.9. The first-order chi connectivity index (χ1) is 7.60. The Hall–Kier alpha value is -1.31. The minimum absolute atomic E-state index is 0.130. The summed E-state index contributed by atoms with van der Waals surface area (Å²) in [6.45, 7) is 4.80. The third-order valence-electron chi connectivity index (χ3n) is 3.31. The summed E-state index contributed by atoms with van der Waals surface area (Å²) in [6.07, 6.45) is 2.54. The molecule has 1 aromatic carbocycles. The van der Waals surface area contributed by atoms with Gasteiger partial charge in [-0.15, -0.1) is 0 Å². The molecule has 1 N–H and O–H groups in total. The Kier molecular flexibility index (Phi) is 2.99. The largest absolute Gasteiger partial charge is 0.355 e. The molecule has 0 atom stereocenters. The molecule has 0 spiro atoms. The van der Waals surface area contributed by atoms with Gasteiger partial charge in [-0.25, -0.2) is 0 Å². The topological polar surface area (TPSA) is 29.1 Å². The van der Waals surface area contributed by atoms with E-state index in [0.717, 1.165) is 18.0 Å². The Bertz CT molecular complexity index is 366. The Morgan fingerprint density at radius 1 is 1.31 bits per heavy atom. The third-order valence-corrected chi connectivity index (χ3v) is 3.31. The van der Waals surface area contributed by atoms with Crippen molar-refractivity contribution in [2.24, 2.45) is 5.92 Å². The van der Waals surface area contributed by atoms with Gasteiger partial charge in [-0.05, 0) is 38.2 Å². The van der Waals surface area contributed by atoms with Crippen LogP contribution in [0.2, 0.25) is 0 Å². The first-order valence-electron chi connectivity index (χ1n) is 5.94. The predicted molar refractivity (Wildman–Crippen MR) is 65.2 cm³/mol. The van der Waals surface area contributed by atoms with E-state index in [1.807, 2.05) is 44.2 Å². The van der Waals surface area contributed by atoms with Crippen molar-refractivity contribution in [1.29, 1.82) is 0 Å². The van der Waals surface area contributed by atoms with Gasteiger partial charge in [0, 0.05) is 6.54 Å². The van der Waals surface area contributed by atoms with E-state index in [9.17, 15) is 4.79 Å². The monoisotopic (exact) mass is 217 g/mol. The molecule has 16 heavy (non-hydrogen) atoms. The number of carbonyl (C=O) groups is 1. The molecule has 0 aliphatic heterocycles. The molecule has 0 bridgehead atoms. The highest BCUT2D eigenvalue weighted by atomic mass is 16.2. The number of carbonyl (C=O) groups excluding carboxylic acids is 1. The van der Waals surface area contributed by atoms with Crippen molar-refractivity contribution in [2.45, 2.75) is 32.1 Å². The minimum Gasteiger partial charge on any atom is -0.355 e. The van der Waals surface area contributed by atoms with Crippen LogP contribution in [0, 0.1) is 5.92 Å². The second-order valence-electron chi connectivity index (χ2n) is 5.14. The van der Waals surface area contributed by atoms with E-state index in [1.54, 1.807) is 0 Å². The zero-order chi connectivity index (χ0) is 11.6. The number of nitrogens with one attached hydrogen (secondary N) is 1. The molecular weight excluding hydrogens is 198 g/mol. The summed E-state index contributed by atoms with van der Waals surface area (Å²) in [5, 5.41) is 3.04. The molecule has 0 saturated heterocycles. The number of benzene rings is 1. The summed E-state index contributed by atoms with van der Waals surface area (Å²) in [6, 6.07) is 9.95. The van der Waals surface area contributed by atoms with Crippen molar-refractivity contribution < 1.29 is 4.79 Å². The Morgan fingerprint density at radius 3 is 2.50 bits per heavy atom. The number of rotatable bonds is 4. The lowest BCUT2D eigenvalue weighted by Crippen LogP contribution is -2.40. The zero-order valence-electron chi connectivity index (χ0n) is 9.99. The molecule has 1 fully saturated rings. The van der Waals surface area contributed by atoms with E-state index in [0.29, 0.717) is 0 Å². The van der Waals surface area contributed by atoms with Crippen LogP contribution < -0.4 is 5.32 Å². The summed E-state index contributed by atoms with van der Waals surface area (Å²) >= 11 is 0. The highest BCUT2D eigenvalue weighted by molar-refractivity contribution is 5.87. The van der Waals surface area contributed by atoms with E-state index < -0.39 is 5.41 Å². The lowest BCUT2D eigenvalue weighted by Gasteiger charge is -2.24. The van der Waals surface area contributed by atoms with Crippen molar-refractivity contribution in [1.82, 2.24) is 5.32 Å². The quantitative estimate of drug-likeness (QED) is 0.825. The van der Waals surface area contributed by atoms with Crippen LogP contribution in [-0.2, 0) is 10.2 Å². The van der Waals surface area contributed by atoms with Crippen LogP contribution >= 0.6 is 0 Å². The predicted octanol–water partition coefficient (Wildman–Crippen LogP) is 2.49. The lowest BCUT2D eigenvalue weighted by atomic mass is 9.84. The number of amides is 1. The van der Waals surface area contributed by atoms with Gasteiger partial charge >= 0.3 is 0 Å². The highest BCUT2D eigenvalue weighted by Crippen LogP contribution is 2.28. The van der Waals surface area contributed by atoms with Crippen LogP contribution in [0.3, 0.4) is 0 Å². The molecule has 1 aliphatic carbocycles. The van der Waals surface area contributed by atoms with Crippen molar-refractivity contribution in [3.63, 3.8) is 0 Å². The van der Waals surface area contributed by atoms with Crippen molar-refractivity contribution in [3.8, 4) is 0 Å². The second-order valence-corrected chi connectivity index (χ2v) is 5.14. The van der Waals surface area contributed by atoms with Crippen LogP contribution in [0.4, 0.5) is 0 Å². The Balaban J connectivity index is 2.02. The Morgan fingerprint density at radius 2 is 1.94 bits per heavy atom. The molecule has 0 unspecified atom stereocenters. The first kappa shape index (κ1) is 11.2. The molecule has 86 valence electrons. The van der Waals surface area contributed by atoms with Crippen molar-refractivity contribution in [2.75, 3.05) is 6.54 Å². The smallest absolute Gasteiger partial charge is 0.230 e. The maximum Gasteiger partial charge on any atom is 0.230 e. The summed E-state index contributed by atoms with van der Waals surface area (Å²) in [5.41, 5.74) is 0.638. The van der Waals surface area contributed by atoms with Crippen LogP contribution in [0.15, 0.2) is 30.3 Å². The molecule has 1 amide bonds. The van der Waals surface area contributed by atoms with E-state index in [1.165, 1.54) is 12.8 Å². The van der Waals surface area contributed by atoms with E-state index in [4.69, 9.17) is 0 Å². The van der Waals surface area contributed by atoms with Crippen LogP contribution in [0.25, 0.3) is 0 Å². The molecule has 2 rings (SSSR count). The molecule has 2 heteroatoms. The van der Waals surface area contributed by atoms with Gasteiger partial charge < -0.3 is 5.32 Å². The summed E-state index contributed by atoms with van der Waals surface area (Å²) < 4.78 is 0. The maximum atomic E-state index is 12.1. The van der Waals surface area contributed by atoms with Crippen molar-refractivity contribution in [3.05, 3.63) is 35.9 Å². The minimum atomic E-state index is -0.434. The average molecular weight is 217 g/mol.